The van der Waals surface area contributed by atoms with Gasteiger partial charge in [-0.1, -0.05) is 12.1 Å². The van der Waals surface area contributed by atoms with Crippen molar-refractivity contribution < 1.29 is 14.3 Å². The lowest BCUT2D eigenvalue weighted by atomic mass is 10.1. The van der Waals surface area contributed by atoms with Crippen LogP contribution in [0.5, 0.6) is 5.75 Å². The number of carbonyl (C=O) groups is 2. The fourth-order valence-corrected chi connectivity index (χ4v) is 2.70. The first kappa shape index (κ1) is 20.1. The van der Waals surface area contributed by atoms with E-state index in [9.17, 15) is 9.59 Å². The quantitative estimate of drug-likeness (QED) is 0.552. The number of hydrogen-bond donors (Lipinski definition) is 2. The number of nitrogens with one attached hydrogen (secondary N) is 2. The van der Waals surface area contributed by atoms with Gasteiger partial charge >= 0.3 is 0 Å². The van der Waals surface area contributed by atoms with Crippen molar-refractivity contribution in [3.05, 3.63) is 78.1 Å². The lowest BCUT2D eigenvalue weighted by Crippen LogP contribution is -2.14. The molecule has 0 radical (unpaired) electrons. The van der Waals surface area contributed by atoms with Crippen molar-refractivity contribution in [2.45, 2.75) is 26.9 Å². The van der Waals surface area contributed by atoms with E-state index in [2.05, 4.69) is 15.6 Å². The molecule has 3 aromatic rings. The van der Waals surface area contributed by atoms with Crippen LogP contribution in [0.15, 0.2) is 66.9 Å². The molecule has 0 spiro atoms. The molecule has 0 unspecified atom stereocenters. The summed E-state index contributed by atoms with van der Waals surface area (Å²) >= 11 is 0. The van der Waals surface area contributed by atoms with E-state index in [4.69, 9.17) is 4.74 Å². The van der Waals surface area contributed by atoms with Crippen LogP contribution in [0.2, 0.25) is 0 Å². The van der Waals surface area contributed by atoms with Crippen LogP contribution in [0.25, 0.3) is 0 Å². The summed E-state index contributed by atoms with van der Waals surface area (Å²) < 4.78 is 5.64. The zero-order chi connectivity index (χ0) is 20.8. The summed E-state index contributed by atoms with van der Waals surface area (Å²) in [6.45, 7) is 5.44. The normalized spacial score (nSPS) is 10.5. The van der Waals surface area contributed by atoms with Crippen LogP contribution in [-0.2, 0) is 0 Å². The SMILES string of the molecule is CC(=O)c1cccc(NC(=O)c2cc(Nc3ccc(OC(C)C)cc3)ccn2)c1. The summed E-state index contributed by atoms with van der Waals surface area (Å²) in [5.74, 6) is 0.387. The molecule has 6 heteroatoms. The van der Waals surface area contributed by atoms with E-state index in [-0.39, 0.29) is 23.5 Å². The molecule has 0 saturated carbocycles. The van der Waals surface area contributed by atoms with Gasteiger partial charge in [-0.25, -0.2) is 0 Å². The van der Waals surface area contributed by atoms with Gasteiger partial charge in [-0.15, -0.1) is 0 Å². The fourth-order valence-electron chi connectivity index (χ4n) is 2.70. The molecule has 0 atom stereocenters. The Morgan fingerprint density at radius 3 is 2.38 bits per heavy atom. The van der Waals surface area contributed by atoms with Gasteiger partial charge in [0.2, 0.25) is 0 Å². The molecule has 3 rings (SSSR count). The van der Waals surface area contributed by atoms with Crippen LogP contribution in [0.4, 0.5) is 17.1 Å². The van der Waals surface area contributed by atoms with Crippen LogP contribution in [0, 0.1) is 0 Å². The molecule has 0 aliphatic heterocycles. The predicted octanol–water partition coefficient (Wildman–Crippen LogP) is 5.07. The Kier molecular flexibility index (Phi) is 6.24. The monoisotopic (exact) mass is 389 g/mol. The molecule has 1 aromatic heterocycles. The molecular formula is C23H23N3O3. The number of ether oxygens (including phenoxy) is 1. The lowest BCUT2D eigenvalue weighted by Gasteiger charge is -2.12. The highest BCUT2D eigenvalue weighted by Crippen LogP contribution is 2.21. The third-order valence-electron chi connectivity index (χ3n) is 4.03. The van der Waals surface area contributed by atoms with E-state index in [0.29, 0.717) is 11.3 Å². The minimum Gasteiger partial charge on any atom is -0.491 e. The number of nitrogens with zero attached hydrogens (tertiary/aromatic N) is 1. The van der Waals surface area contributed by atoms with Crippen molar-refractivity contribution in [3.8, 4) is 5.75 Å². The third kappa shape index (κ3) is 5.65. The van der Waals surface area contributed by atoms with E-state index in [0.717, 1.165) is 17.1 Å². The molecule has 2 aromatic carbocycles. The van der Waals surface area contributed by atoms with E-state index in [1.807, 2.05) is 38.1 Å². The second-order valence-corrected chi connectivity index (χ2v) is 6.84. The van der Waals surface area contributed by atoms with Crippen molar-refractivity contribution in [1.29, 1.82) is 0 Å². The van der Waals surface area contributed by atoms with Crippen molar-refractivity contribution >= 4 is 28.8 Å². The molecule has 29 heavy (non-hydrogen) atoms. The number of pyridine rings is 1. The summed E-state index contributed by atoms with van der Waals surface area (Å²) in [5.41, 5.74) is 2.95. The van der Waals surface area contributed by atoms with Crippen molar-refractivity contribution in [3.63, 3.8) is 0 Å². The van der Waals surface area contributed by atoms with E-state index in [1.165, 1.54) is 6.92 Å². The number of amides is 1. The van der Waals surface area contributed by atoms with E-state index < -0.39 is 0 Å². The highest BCUT2D eigenvalue weighted by atomic mass is 16.5. The smallest absolute Gasteiger partial charge is 0.274 e. The Morgan fingerprint density at radius 2 is 1.69 bits per heavy atom. The molecule has 0 aliphatic carbocycles. The van der Waals surface area contributed by atoms with Gasteiger partial charge in [0, 0.05) is 28.8 Å². The molecule has 2 N–H and O–H groups in total. The van der Waals surface area contributed by atoms with Crippen molar-refractivity contribution in [1.82, 2.24) is 4.98 Å². The third-order valence-corrected chi connectivity index (χ3v) is 4.03. The summed E-state index contributed by atoms with van der Waals surface area (Å²) in [6, 6.07) is 17.8. The maximum atomic E-state index is 12.5. The highest BCUT2D eigenvalue weighted by Gasteiger charge is 2.10. The van der Waals surface area contributed by atoms with Crippen LogP contribution < -0.4 is 15.4 Å². The van der Waals surface area contributed by atoms with Crippen molar-refractivity contribution in [2.24, 2.45) is 0 Å². The van der Waals surface area contributed by atoms with Gasteiger partial charge in [-0.05, 0) is 69.3 Å². The second-order valence-electron chi connectivity index (χ2n) is 6.84. The highest BCUT2D eigenvalue weighted by molar-refractivity contribution is 6.04. The fraction of sp³-hybridized carbons (Fsp3) is 0.174. The first-order valence-corrected chi connectivity index (χ1v) is 9.33. The second kappa shape index (κ2) is 9.01. The largest absolute Gasteiger partial charge is 0.491 e. The number of anilines is 3. The summed E-state index contributed by atoms with van der Waals surface area (Å²) in [4.78, 5) is 28.2. The number of rotatable bonds is 7. The average Bonchev–Trinajstić information content (AvgIpc) is 2.69. The molecule has 1 amide bonds. The Labute approximate surface area is 169 Å². The molecule has 0 bridgehead atoms. The number of benzene rings is 2. The summed E-state index contributed by atoms with van der Waals surface area (Å²) in [5, 5.41) is 6.02. The molecule has 6 nitrogen and oxygen atoms in total. The van der Waals surface area contributed by atoms with Crippen LogP contribution in [-0.4, -0.2) is 22.8 Å². The zero-order valence-electron chi connectivity index (χ0n) is 16.6. The number of carbonyl (C=O) groups excluding carboxylic acids is 2. The Morgan fingerprint density at radius 1 is 0.931 bits per heavy atom. The molecular weight excluding hydrogens is 366 g/mol. The van der Waals surface area contributed by atoms with Gasteiger partial charge in [-0.3, -0.25) is 14.6 Å². The van der Waals surface area contributed by atoms with Gasteiger partial charge in [0.05, 0.1) is 6.10 Å². The summed E-state index contributed by atoms with van der Waals surface area (Å²) in [7, 11) is 0. The molecule has 148 valence electrons. The van der Waals surface area contributed by atoms with Gasteiger partial charge in [0.15, 0.2) is 5.78 Å². The molecule has 0 fully saturated rings. The van der Waals surface area contributed by atoms with Gasteiger partial charge in [-0.2, -0.15) is 0 Å². The number of Topliss-reactive ketones (excluding diaryl/α,β-unsaturated/α-hetero) is 1. The molecule has 1 heterocycles. The van der Waals surface area contributed by atoms with Gasteiger partial charge < -0.3 is 15.4 Å². The van der Waals surface area contributed by atoms with E-state index >= 15 is 0 Å². The predicted molar refractivity (Wildman–Crippen MR) is 114 cm³/mol. The topological polar surface area (TPSA) is 80.3 Å². The first-order valence-electron chi connectivity index (χ1n) is 9.33. The van der Waals surface area contributed by atoms with Gasteiger partial charge in [0.1, 0.15) is 11.4 Å². The maximum Gasteiger partial charge on any atom is 0.274 e. The zero-order valence-corrected chi connectivity index (χ0v) is 16.6. The minimum atomic E-state index is -0.352. The number of hydrogen-bond acceptors (Lipinski definition) is 5. The Hall–Kier alpha value is -3.67. The number of ketones is 1. The molecule has 0 saturated heterocycles. The lowest BCUT2D eigenvalue weighted by molar-refractivity contribution is 0.100. The maximum absolute atomic E-state index is 12.5. The van der Waals surface area contributed by atoms with Crippen LogP contribution >= 0.6 is 0 Å². The Bertz CT molecular complexity index is 1010. The first-order chi connectivity index (χ1) is 13.9. The van der Waals surface area contributed by atoms with Crippen LogP contribution in [0.3, 0.4) is 0 Å². The molecule has 0 aliphatic rings. The summed E-state index contributed by atoms with van der Waals surface area (Å²) in [6.07, 6.45) is 1.69. The average molecular weight is 389 g/mol. The van der Waals surface area contributed by atoms with E-state index in [1.54, 1.807) is 42.6 Å². The van der Waals surface area contributed by atoms with Gasteiger partial charge in [0.25, 0.3) is 5.91 Å². The standard InChI is InChI=1S/C23H23N3O3/c1-15(2)29-21-9-7-18(8-10-21)25-20-11-12-24-22(14-20)23(28)26-19-6-4-5-17(13-19)16(3)27/h4-15H,1-3H3,(H,24,25)(H,26,28). The van der Waals surface area contributed by atoms with Crippen LogP contribution in [0.1, 0.15) is 41.6 Å². The Balaban J connectivity index is 1.69. The minimum absolute atomic E-state index is 0.0600. The van der Waals surface area contributed by atoms with Crippen molar-refractivity contribution in [2.75, 3.05) is 10.6 Å². The number of aromatic nitrogens is 1.